The van der Waals surface area contributed by atoms with Crippen LogP contribution in [0.15, 0.2) is 67.3 Å². The summed E-state index contributed by atoms with van der Waals surface area (Å²) in [7, 11) is 0. The number of aliphatic hydroxyl groups is 1. The lowest BCUT2D eigenvalue weighted by molar-refractivity contribution is -0.137. The molecule has 1 unspecified atom stereocenters. The SMILES string of the molecule is Cc1ccncc1CN(Cc1cccnc1)CC(O)COc1ccc(C(F)(F)F)cc1. The van der Waals surface area contributed by atoms with Crippen molar-refractivity contribution in [2.45, 2.75) is 32.3 Å². The number of hydrogen-bond donors (Lipinski definition) is 1. The Morgan fingerprint density at radius 1 is 1.00 bits per heavy atom. The van der Waals surface area contributed by atoms with Gasteiger partial charge in [-0.25, -0.2) is 0 Å². The van der Waals surface area contributed by atoms with E-state index in [1.165, 1.54) is 12.1 Å². The van der Waals surface area contributed by atoms with Crippen molar-refractivity contribution in [2.75, 3.05) is 13.2 Å². The average molecular weight is 431 g/mol. The highest BCUT2D eigenvalue weighted by Crippen LogP contribution is 2.30. The fraction of sp³-hybridized carbons (Fsp3) is 0.304. The molecule has 3 aromatic rings. The monoisotopic (exact) mass is 431 g/mol. The van der Waals surface area contributed by atoms with Gasteiger partial charge in [0.25, 0.3) is 0 Å². The number of aliphatic hydroxyl groups excluding tert-OH is 1. The first kappa shape index (κ1) is 22.7. The van der Waals surface area contributed by atoms with Gasteiger partial charge in [0.15, 0.2) is 0 Å². The van der Waals surface area contributed by atoms with Gasteiger partial charge < -0.3 is 9.84 Å². The number of hydrogen-bond acceptors (Lipinski definition) is 5. The number of pyridine rings is 2. The van der Waals surface area contributed by atoms with Crippen molar-refractivity contribution < 1.29 is 23.0 Å². The van der Waals surface area contributed by atoms with Crippen LogP contribution in [0.3, 0.4) is 0 Å². The van der Waals surface area contributed by atoms with E-state index >= 15 is 0 Å². The molecule has 0 bridgehead atoms. The van der Waals surface area contributed by atoms with Crippen molar-refractivity contribution in [2.24, 2.45) is 0 Å². The number of rotatable bonds is 9. The summed E-state index contributed by atoms with van der Waals surface area (Å²) in [5, 5.41) is 10.5. The normalized spacial score (nSPS) is 12.7. The van der Waals surface area contributed by atoms with Gasteiger partial charge in [-0.2, -0.15) is 13.2 Å². The first-order valence-electron chi connectivity index (χ1n) is 9.80. The van der Waals surface area contributed by atoms with E-state index in [0.717, 1.165) is 28.8 Å². The van der Waals surface area contributed by atoms with E-state index in [1.54, 1.807) is 24.8 Å². The molecule has 3 rings (SSSR count). The van der Waals surface area contributed by atoms with Crippen LogP contribution in [0.2, 0.25) is 0 Å². The molecule has 1 aromatic carbocycles. The molecule has 0 aliphatic carbocycles. The number of benzene rings is 1. The van der Waals surface area contributed by atoms with E-state index in [9.17, 15) is 18.3 Å². The second-order valence-corrected chi connectivity index (χ2v) is 7.32. The summed E-state index contributed by atoms with van der Waals surface area (Å²) in [6.45, 7) is 3.42. The molecule has 0 aliphatic heterocycles. The fourth-order valence-electron chi connectivity index (χ4n) is 3.12. The summed E-state index contributed by atoms with van der Waals surface area (Å²) in [4.78, 5) is 10.4. The Bertz CT molecular complexity index is 950. The third kappa shape index (κ3) is 7.04. The maximum Gasteiger partial charge on any atom is 0.416 e. The Morgan fingerprint density at radius 2 is 1.74 bits per heavy atom. The summed E-state index contributed by atoms with van der Waals surface area (Å²) >= 11 is 0. The van der Waals surface area contributed by atoms with E-state index < -0.39 is 17.8 Å². The molecule has 1 N–H and O–H groups in total. The lowest BCUT2D eigenvalue weighted by Crippen LogP contribution is -2.35. The number of nitrogens with zero attached hydrogens (tertiary/aromatic N) is 3. The first-order valence-corrected chi connectivity index (χ1v) is 9.80. The van der Waals surface area contributed by atoms with E-state index in [0.29, 0.717) is 19.6 Å². The Hall–Kier alpha value is -2.97. The maximum absolute atomic E-state index is 12.7. The molecule has 2 heterocycles. The van der Waals surface area contributed by atoms with Gasteiger partial charge in [0.1, 0.15) is 18.5 Å². The minimum absolute atomic E-state index is 0.0407. The number of halogens is 3. The molecule has 0 saturated heterocycles. The summed E-state index contributed by atoms with van der Waals surface area (Å²) in [5.74, 6) is 0.272. The van der Waals surface area contributed by atoms with Crippen LogP contribution in [0.1, 0.15) is 22.3 Å². The first-order chi connectivity index (χ1) is 14.8. The highest BCUT2D eigenvalue weighted by atomic mass is 19.4. The molecule has 5 nitrogen and oxygen atoms in total. The molecule has 0 aliphatic rings. The highest BCUT2D eigenvalue weighted by Gasteiger charge is 2.30. The second kappa shape index (κ2) is 10.4. The van der Waals surface area contributed by atoms with Crippen molar-refractivity contribution in [3.05, 3.63) is 89.5 Å². The van der Waals surface area contributed by atoms with Gasteiger partial charge in [-0.3, -0.25) is 14.9 Å². The molecule has 2 aromatic heterocycles. The maximum atomic E-state index is 12.7. The van der Waals surface area contributed by atoms with Gasteiger partial charge in [-0.05, 0) is 60.0 Å². The van der Waals surface area contributed by atoms with Gasteiger partial charge in [-0.1, -0.05) is 6.07 Å². The molecule has 0 spiro atoms. The van der Waals surface area contributed by atoms with Crippen molar-refractivity contribution in [3.8, 4) is 5.75 Å². The summed E-state index contributed by atoms with van der Waals surface area (Å²) < 4.78 is 43.5. The zero-order valence-electron chi connectivity index (χ0n) is 17.1. The summed E-state index contributed by atoms with van der Waals surface area (Å²) in [5.41, 5.74) is 2.40. The van der Waals surface area contributed by atoms with Crippen LogP contribution in [0.5, 0.6) is 5.75 Å². The second-order valence-electron chi connectivity index (χ2n) is 7.32. The number of aryl methyl sites for hydroxylation is 1. The van der Waals surface area contributed by atoms with Crippen molar-refractivity contribution in [3.63, 3.8) is 0 Å². The van der Waals surface area contributed by atoms with Gasteiger partial charge >= 0.3 is 6.18 Å². The predicted octanol–water partition coefficient (Wildman–Crippen LogP) is 4.25. The topological polar surface area (TPSA) is 58.5 Å². The minimum Gasteiger partial charge on any atom is -0.491 e. The number of aromatic nitrogens is 2. The van der Waals surface area contributed by atoms with Gasteiger partial charge in [-0.15, -0.1) is 0 Å². The van der Waals surface area contributed by atoms with Crippen LogP contribution in [0.25, 0.3) is 0 Å². The van der Waals surface area contributed by atoms with Crippen LogP contribution < -0.4 is 4.74 Å². The zero-order chi connectivity index (χ0) is 22.3. The molecule has 0 radical (unpaired) electrons. The van der Waals surface area contributed by atoms with Crippen molar-refractivity contribution in [1.82, 2.24) is 14.9 Å². The molecular weight excluding hydrogens is 407 g/mol. The van der Waals surface area contributed by atoms with Crippen molar-refractivity contribution in [1.29, 1.82) is 0 Å². The quantitative estimate of drug-likeness (QED) is 0.549. The highest BCUT2D eigenvalue weighted by molar-refractivity contribution is 5.29. The summed E-state index contributed by atoms with van der Waals surface area (Å²) in [6, 6.07) is 10.2. The van der Waals surface area contributed by atoms with Crippen LogP contribution in [0.4, 0.5) is 13.2 Å². The largest absolute Gasteiger partial charge is 0.491 e. The third-order valence-electron chi connectivity index (χ3n) is 4.76. The molecular formula is C23H24F3N3O2. The zero-order valence-corrected chi connectivity index (χ0v) is 17.1. The molecule has 1 atom stereocenters. The third-order valence-corrected chi connectivity index (χ3v) is 4.76. The Morgan fingerprint density at radius 3 is 2.39 bits per heavy atom. The molecule has 164 valence electrons. The molecule has 0 saturated carbocycles. The minimum atomic E-state index is -4.39. The van der Waals surface area contributed by atoms with Crippen LogP contribution >= 0.6 is 0 Å². The number of alkyl halides is 3. The van der Waals surface area contributed by atoms with Crippen LogP contribution in [-0.2, 0) is 19.3 Å². The predicted molar refractivity (Wildman–Crippen MR) is 110 cm³/mol. The smallest absolute Gasteiger partial charge is 0.416 e. The fourth-order valence-corrected chi connectivity index (χ4v) is 3.12. The lowest BCUT2D eigenvalue weighted by Gasteiger charge is -2.26. The molecule has 0 fully saturated rings. The standard InChI is InChI=1S/C23H24F3N3O2/c1-17-8-10-28-12-19(17)14-29(13-18-3-2-9-27-11-18)15-21(30)16-31-22-6-4-20(5-7-22)23(24,25)26/h2-12,21,30H,13-16H2,1H3. The van der Waals surface area contributed by atoms with Gasteiger partial charge in [0.05, 0.1) is 5.56 Å². The van der Waals surface area contributed by atoms with Gasteiger partial charge in [0, 0.05) is 44.4 Å². The number of ether oxygens (including phenoxy) is 1. The van der Waals surface area contributed by atoms with Crippen LogP contribution in [-0.4, -0.2) is 39.2 Å². The molecule has 31 heavy (non-hydrogen) atoms. The summed E-state index contributed by atoms with van der Waals surface area (Å²) in [6.07, 6.45) is 1.78. The molecule has 0 amide bonds. The molecule has 8 heteroatoms. The van der Waals surface area contributed by atoms with E-state index in [2.05, 4.69) is 14.9 Å². The average Bonchev–Trinajstić information content (AvgIpc) is 2.74. The van der Waals surface area contributed by atoms with Crippen molar-refractivity contribution >= 4 is 0 Å². The van der Waals surface area contributed by atoms with E-state index in [1.807, 2.05) is 25.1 Å². The van der Waals surface area contributed by atoms with Gasteiger partial charge in [0.2, 0.25) is 0 Å². The Balaban J connectivity index is 1.62. The lowest BCUT2D eigenvalue weighted by atomic mass is 10.1. The van der Waals surface area contributed by atoms with E-state index in [-0.39, 0.29) is 12.4 Å². The Labute approximate surface area is 179 Å². The Kier molecular flexibility index (Phi) is 7.59. The van der Waals surface area contributed by atoms with Crippen LogP contribution in [0, 0.1) is 6.92 Å². The van der Waals surface area contributed by atoms with E-state index in [4.69, 9.17) is 4.74 Å².